The van der Waals surface area contributed by atoms with E-state index in [1.807, 2.05) is 32.0 Å². The number of hydrogen-bond acceptors (Lipinski definition) is 14. The summed E-state index contributed by atoms with van der Waals surface area (Å²) in [5, 5.41) is 27.5. The van der Waals surface area contributed by atoms with Gasteiger partial charge < -0.3 is 72.5 Å². The van der Waals surface area contributed by atoms with Gasteiger partial charge in [-0.1, -0.05) is 110 Å². The Balaban J connectivity index is 1.71. The van der Waals surface area contributed by atoms with Gasteiger partial charge in [-0.05, 0) is 106 Å². The number of anilines is 1. The van der Waals surface area contributed by atoms with Crippen molar-refractivity contribution in [1.82, 2.24) is 41.3 Å². The van der Waals surface area contributed by atoms with Crippen LogP contribution in [0.2, 0.25) is 0 Å². The zero-order chi connectivity index (χ0) is 65.9. The number of benzene rings is 2. The number of carbonyl (C=O) groups excluding carboxylic acids is 9. The molecule has 0 bridgehead atoms. The third-order valence-electron chi connectivity index (χ3n) is 16.4. The second-order valence-electron chi connectivity index (χ2n) is 24.0. The first-order valence-electron chi connectivity index (χ1n) is 30.9. The van der Waals surface area contributed by atoms with Crippen molar-refractivity contribution < 1.29 is 62.5 Å². The topological polar surface area (TPSA) is 335 Å². The van der Waals surface area contributed by atoms with Crippen LogP contribution in [0.15, 0.2) is 66.7 Å². The van der Waals surface area contributed by atoms with Crippen molar-refractivity contribution in [3.05, 3.63) is 77.9 Å². The number of unbranched alkanes of at least 4 members (excludes halogenated alkanes) is 2. The molecule has 3 rings (SSSR count). The Morgan fingerprint density at radius 3 is 2.01 bits per heavy atom. The fourth-order valence-electron chi connectivity index (χ4n) is 11.1. The number of aliphatic hydroxyl groups is 1. The standard InChI is InChI=1S/C64H103N11O13/c1-15-41(8)55(49(86-13)36-51(77)75-35-23-27-48(75)57(87-14)42(9)58(79)68-43(10)56(78)45-24-18-16-19-25-45)73(11)62(83)53(39(4)5)72-61(82)54(40(6)7)74(12)64(85)88-37-44-29-31-46(32-30-44)69-59(80)47(26-22-34-67-63(66)84)70-60(81)52(38(2)3)71-50(76)28-20-17-21-33-65/h16,18-19,24-25,29-32,39-43,47-49,52-57,78H,2,15,17,20-23,26-28,33-37,65H2,1,3-14H3,(H,68,79)(H,69,80)(H,70,81)(H,71,76)(H,72,82)(H3,66,67,84)/t41-,42+,43+,47-,48-,49+,52-,53-,54-,55-,56+,57+/m0/s1. The predicted molar refractivity (Wildman–Crippen MR) is 337 cm³/mol. The molecule has 0 aromatic heterocycles. The zero-order valence-corrected chi connectivity index (χ0v) is 54.2. The quantitative estimate of drug-likeness (QED) is 0.0317. The fraction of sp³-hybridized carbons (Fsp3) is 0.641. The summed E-state index contributed by atoms with van der Waals surface area (Å²) in [6.45, 7) is 20.9. The van der Waals surface area contributed by atoms with Crippen molar-refractivity contribution >= 4 is 59.2 Å². The summed E-state index contributed by atoms with van der Waals surface area (Å²) in [7, 11) is 6.10. The summed E-state index contributed by atoms with van der Waals surface area (Å²) in [6.07, 6.45) is 1.30. The molecule has 1 aliphatic heterocycles. The van der Waals surface area contributed by atoms with Crippen LogP contribution in [0.5, 0.6) is 0 Å². The zero-order valence-electron chi connectivity index (χ0n) is 54.2. The molecule has 88 heavy (non-hydrogen) atoms. The van der Waals surface area contributed by atoms with Crippen LogP contribution in [0.4, 0.5) is 15.3 Å². The Bertz CT molecular complexity index is 2590. The van der Waals surface area contributed by atoms with Crippen LogP contribution in [0, 0.1) is 23.7 Å². The van der Waals surface area contributed by atoms with Gasteiger partial charge in [-0.15, -0.1) is 0 Å². The highest BCUT2D eigenvalue weighted by Gasteiger charge is 2.44. The van der Waals surface area contributed by atoms with Crippen molar-refractivity contribution in [1.29, 1.82) is 0 Å². The number of carbonyl (C=O) groups is 9. The van der Waals surface area contributed by atoms with E-state index in [2.05, 4.69) is 38.5 Å². The van der Waals surface area contributed by atoms with Gasteiger partial charge in [0.25, 0.3) is 0 Å². The number of nitrogens with one attached hydrogen (secondary N) is 6. The highest BCUT2D eigenvalue weighted by Crippen LogP contribution is 2.30. The minimum absolute atomic E-state index is 0.0853. The molecular formula is C64H103N11O13. The minimum Gasteiger partial charge on any atom is -0.445 e. The monoisotopic (exact) mass is 1230 g/mol. The number of nitrogens with zero attached hydrogens (tertiary/aromatic N) is 3. The maximum absolute atomic E-state index is 14.8. The van der Waals surface area contributed by atoms with Gasteiger partial charge >= 0.3 is 12.1 Å². The maximum Gasteiger partial charge on any atom is 0.410 e. The van der Waals surface area contributed by atoms with Crippen molar-refractivity contribution in [3.8, 4) is 0 Å². The molecule has 1 fully saturated rings. The van der Waals surface area contributed by atoms with E-state index in [4.69, 9.17) is 25.7 Å². The van der Waals surface area contributed by atoms with Gasteiger partial charge in [-0.25, -0.2) is 9.59 Å². The number of hydrogen-bond donors (Lipinski definition) is 9. The molecular weight excluding hydrogens is 1130 g/mol. The van der Waals surface area contributed by atoms with Crippen LogP contribution < -0.4 is 43.4 Å². The Morgan fingerprint density at radius 2 is 1.44 bits per heavy atom. The second kappa shape index (κ2) is 37.6. The first-order chi connectivity index (χ1) is 41.6. The fourth-order valence-corrected chi connectivity index (χ4v) is 11.1. The summed E-state index contributed by atoms with van der Waals surface area (Å²) in [6, 6.07) is 8.74. The lowest BCUT2D eigenvalue weighted by Crippen LogP contribution is -2.60. The molecule has 24 heteroatoms. The molecule has 0 radical (unpaired) electrons. The number of aliphatic hydroxyl groups excluding tert-OH is 1. The van der Waals surface area contributed by atoms with E-state index in [0.717, 1.165) is 12.8 Å². The number of likely N-dealkylation sites (N-methyl/N-ethyl adjacent to an activating group) is 2. The molecule has 1 aliphatic rings. The van der Waals surface area contributed by atoms with Crippen LogP contribution in [0.25, 0.3) is 0 Å². The Kier molecular flexibility index (Phi) is 32.1. The average molecular weight is 1230 g/mol. The van der Waals surface area contributed by atoms with Gasteiger partial charge in [0.2, 0.25) is 41.4 Å². The van der Waals surface area contributed by atoms with E-state index in [-0.39, 0.29) is 62.5 Å². The molecule has 2 aromatic carbocycles. The van der Waals surface area contributed by atoms with E-state index in [1.165, 1.54) is 26.2 Å². The summed E-state index contributed by atoms with van der Waals surface area (Å²) in [5.41, 5.74) is 12.7. The van der Waals surface area contributed by atoms with Crippen molar-refractivity contribution in [3.63, 3.8) is 0 Å². The third-order valence-corrected chi connectivity index (χ3v) is 16.4. The SMILES string of the molecule is C=C(C)[C@H](NC(=O)CCCCCN)C(=O)N[C@@H](CCCNC(N)=O)C(=O)Nc1ccc(COC(=O)N(C)[C@H](C(=O)N[C@H](C(=O)N(C)[C@@H]([C@@H](C)CC)[C@@H](CC(=O)N2CCC[C@H]2[C@H](OC)[C@@H](C)C(=O)N[C@H](C)[C@@H](O)c2ccccc2)OC)C(C)C)C(C)C)cc1. The normalized spacial score (nSPS) is 16.9. The maximum atomic E-state index is 14.8. The first-order valence-corrected chi connectivity index (χ1v) is 30.9. The summed E-state index contributed by atoms with van der Waals surface area (Å²) >= 11 is 0. The number of urea groups is 1. The number of methoxy groups -OCH3 is 2. The lowest BCUT2D eigenvalue weighted by atomic mass is 9.89. The highest BCUT2D eigenvalue weighted by molar-refractivity contribution is 5.99. The number of likely N-dealkylation sites (tertiary alicyclic amines) is 1. The van der Waals surface area contributed by atoms with Crippen LogP contribution in [0.1, 0.15) is 144 Å². The van der Waals surface area contributed by atoms with Gasteiger partial charge in [0.1, 0.15) is 30.8 Å². The predicted octanol–water partition coefficient (Wildman–Crippen LogP) is 5.03. The van der Waals surface area contributed by atoms with Gasteiger partial charge in [0.05, 0.1) is 48.8 Å². The molecule has 0 spiro atoms. The first kappa shape index (κ1) is 75.1. The second-order valence-corrected chi connectivity index (χ2v) is 24.0. The van der Waals surface area contributed by atoms with Gasteiger partial charge in [0.15, 0.2) is 0 Å². The lowest BCUT2D eigenvalue weighted by Gasteiger charge is -2.41. The summed E-state index contributed by atoms with van der Waals surface area (Å²) < 4.78 is 17.7. The number of nitrogens with two attached hydrogens (primary N) is 2. The Hall–Kier alpha value is -7.15. The molecule has 11 N–H and O–H groups in total. The molecule has 0 saturated carbocycles. The van der Waals surface area contributed by atoms with Crippen molar-refractivity contribution in [2.75, 3.05) is 53.3 Å². The Morgan fingerprint density at radius 1 is 0.784 bits per heavy atom. The van der Waals surface area contributed by atoms with Crippen molar-refractivity contribution in [2.24, 2.45) is 35.1 Å². The average Bonchev–Trinajstić information content (AvgIpc) is 2.88. The van der Waals surface area contributed by atoms with E-state index in [0.29, 0.717) is 61.2 Å². The molecule has 0 aliphatic carbocycles. The molecule has 1 saturated heterocycles. The number of primary amides is 1. The summed E-state index contributed by atoms with van der Waals surface area (Å²) in [4.78, 5) is 127. The van der Waals surface area contributed by atoms with Gasteiger partial charge in [0, 0.05) is 53.5 Å². The number of amides is 10. The third kappa shape index (κ3) is 22.8. The van der Waals surface area contributed by atoms with E-state index in [1.54, 1.807) is 102 Å². The molecule has 12 atom stereocenters. The van der Waals surface area contributed by atoms with Gasteiger partial charge in [-0.2, -0.15) is 0 Å². The molecule has 24 nitrogen and oxygen atoms in total. The summed E-state index contributed by atoms with van der Waals surface area (Å²) in [5.74, 6) is -4.83. The molecule has 492 valence electrons. The van der Waals surface area contributed by atoms with Crippen LogP contribution >= 0.6 is 0 Å². The van der Waals surface area contributed by atoms with Crippen molar-refractivity contribution in [2.45, 2.75) is 194 Å². The smallest absolute Gasteiger partial charge is 0.410 e. The Labute approximate surface area is 521 Å². The number of ether oxygens (including phenoxy) is 3. The van der Waals surface area contributed by atoms with Crippen LogP contribution in [-0.4, -0.2) is 176 Å². The molecule has 2 aromatic rings. The minimum atomic E-state index is -1.11. The number of rotatable bonds is 37. The van der Waals surface area contributed by atoms with Crippen LogP contribution in [-0.2, 0) is 54.4 Å². The van der Waals surface area contributed by atoms with Crippen LogP contribution in [0.3, 0.4) is 0 Å². The lowest BCUT2D eigenvalue weighted by molar-refractivity contribution is -0.148. The molecule has 0 unspecified atom stereocenters. The van der Waals surface area contributed by atoms with E-state index < -0.39 is 114 Å². The van der Waals surface area contributed by atoms with Gasteiger partial charge in [-0.3, -0.25) is 38.5 Å². The van der Waals surface area contributed by atoms with E-state index >= 15 is 0 Å². The molecule has 1 heterocycles. The highest BCUT2D eigenvalue weighted by atomic mass is 16.6. The molecule has 10 amide bonds. The largest absolute Gasteiger partial charge is 0.445 e. The van der Waals surface area contributed by atoms with E-state index in [9.17, 15) is 48.3 Å².